The molecule has 0 fully saturated rings. The Morgan fingerprint density at radius 2 is 2.00 bits per heavy atom. The van der Waals surface area contributed by atoms with E-state index in [0.717, 1.165) is 6.42 Å². The minimum atomic E-state index is 0.328. The number of rotatable bonds is 4. The molecular weight excluding hydrogens is 200 g/mol. The predicted octanol–water partition coefficient (Wildman–Crippen LogP) is 2.85. The Kier molecular flexibility index (Phi) is 4.36. The van der Waals surface area contributed by atoms with Crippen LogP contribution in [-0.2, 0) is 0 Å². The number of nitriles is 2. The number of ether oxygens (including phenoxy) is 1. The zero-order valence-corrected chi connectivity index (χ0v) is 9.53. The molecule has 0 aliphatic carbocycles. The van der Waals surface area contributed by atoms with Crippen molar-refractivity contribution in [3.63, 3.8) is 0 Å². The maximum absolute atomic E-state index is 8.96. The molecule has 0 spiro atoms. The van der Waals surface area contributed by atoms with Gasteiger partial charge in [0.2, 0.25) is 0 Å². The average molecular weight is 214 g/mol. The molecule has 1 aromatic rings. The van der Waals surface area contributed by atoms with Crippen molar-refractivity contribution in [1.29, 1.82) is 10.5 Å². The minimum absolute atomic E-state index is 0.328. The Morgan fingerprint density at radius 3 is 2.56 bits per heavy atom. The van der Waals surface area contributed by atoms with Crippen molar-refractivity contribution in [1.82, 2.24) is 0 Å². The van der Waals surface area contributed by atoms with Gasteiger partial charge in [-0.2, -0.15) is 10.5 Å². The van der Waals surface area contributed by atoms with Crippen LogP contribution in [0.4, 0.5) is 0 Å². The lowest BCUT2D eigenvalue weighted by Crippen LogP contribution is -2.03. The van der Waals surface area contributed by atoms with Crippen LogP contribution >= 0.6 is 0 Å². The highest BCUT2D eigenvalue weighted by Crippen LogP contribution is 2.21. The Bertz CT molecular complexity index is 438. The first-order valence-corrected chi connectivity index (χ1v) is 5.25. The maximum Gasteiger partial charge on any atom is 0.138 e. The van der Waals surface area contributed by atoms with Gasteiger partial charge in [0.05, 0.1) is 12.2 Å². The molecule has 1 aromatic carbocycles. The second kappa shape index (κ2) is 5.78. The highest BCUT2D eigenvalue weighted by molar-refractivity contribution is 5.53. The molecule has 0 N–H and O–H groups in total. The summed E-state index contributed by atoms with van der Waals surface area (Å²) in [4.78, 5) is 0. The normalized spacial score (nSPS) is 9.56. The van der Waals surface area contributed by atoms with E-state index in [1.807, 2.05) is 12.1 Å². The number of nitrogens with zero attached hydrogens (tertiary/aromatic N) is 2. The fourth-order valence-electron chi connectivity index (χ4n) is 1.26. The highest BCUT2D eigenvalue weighted by atomic mass is 16.5. The summed E-state index contributed by atoms with van der Waals surface area (Å²) in [6.07, 6.45) is 0.932. The summed E-state index contributed by atoms with van der Waals surface area (Å²) in [6, 6.07) is 9.06. The summed E-state index contributed by atoms with van der Waals surface area (Å²) in [5.41, 5.74) is 0.693. The van der Waals surface area contributed by atoms with E-state index >= 15 is 0 Å². The van der Waals surface area contributed by atoms with Crippen molar-refractivity contribution >= 4 is 0 Å². The van der Waals surface area contributed by atoms with Gasteiger partial charge in [-0.05, 0) is 24.5 Å². The summed E-state index contributed by atoms with van der Waals surface area (Å²) in [5, 5.41) is 17.8. The summed E-state index contributed by atoms with van der Waals surface area (Å²) in [6.45, 7) is 4.79. The lowest BCUT2D eigenvalue weighted by molar-refractivity contribution is 0.288. The van der Waals surface area contributed by atoms with Gasteiger partial charge < -0.3 is 4.74 Å². The van der Waals surface area contributed by atoms with Crippen molar-refractivity contribution < 1.29 is 4.74 Å². The van der Waals surface area contributed by atoms with Crippen LogP contribution in [0.1, 0.15) is 31.4 Å². The van der Waals surface area contributed by atoms with Crippen LogP contribution in [0.25, 0.3) is 0 Å². The van der Waals surface area contributed by atoms with Gasteiger partial charge in [-0.15, -0.1) is 0 Å². The molecule has 0 saturated carbocycles. The molecule has 0 aliphatic rings. The van der Waals surface area contributed by atoms with Gasteiger partial charge in [0.1, 0.15) is 23.5 Å². The van der Waals surface area contributed by atoms with E-state index in [1.54, 1.807) is 18.2 Å². The Balaban J connectivity index is 2.81. The van der Waals surface area contributed by atoms with E-state index in [-0.39, 0.29) is 0 Å². The third-order valence-electron chi connectivity index (χ3n) is 2.21. The molecule has 0 aromatic heterocycles. The summed E-state index contributed by atoms with van der Waals surface area (Å²) in [5.74, 6) is 1.06. The summed E-state index contributed by atoms with van der Waals surface area (Å²) in [7, 11) is 0. The Morgan fingerprint density at radius 1 is 1.25 bits per heavy atom. The second-order valence-corrected chi connectivity index (χ2v) is 3.93. The fourth-order valence-corrected chi connectivity index (χ4v) is 1.26. The lowest BCUT2D eigenvalue weighted by Gasteiger charge is -2.09. The predicted molar refractivity (Wildman–Crippen MR) is 60.8 cm³/mol. The molecule has 0 radical (unpaired) electrons. The third kappa shape index (κ3) is 3.00. The fraction of sp³-hybridized carbons (Fsp3) is 0.385. The van der Waals surface area contributed by atoms with E-state index < -0.39 is 0 Å². The first-order chi connectivity index (χ1) is 7.69. The van der Waals surface area contributed by atoms with Gasteiger partial charge >= 0.3 is 0 Å². The van der Waals surface area contributed by atoms with E-state index in [1.165, 1.54) is 0 Å². The van der Waals surface area contributed by atoms with E-state index in [0.29, 0.717) is 29.4 Å². The van der Waals surface area contributed by atoms with Crippen molar-refractivity contribution in [2.45, 2.75) is 20.3 Å². The Labute approximate surface area is 95.9 Å². The van der Waals surface area contributed by atoms with E-state index in [2.05, 4.69) is 13.8 Å². The summed E-state index contributed by atoms with van der Waals surface area (Å²) >= 11 is 0. The first-order valence-electron chi connectivity index (χ1n) is 5.25. The highest BCUT2D eigenvalue weighted by Gasteiger charge is 2.08. The number of hydrogen-bond acceptors (Lipinski definition) is 3. The van der Waals surface area contributed by atoms with Gasteiger partial charge in [-0.1, -0.05) is 19.9 Å². The largest absolute Gasteiger partial charge is 0.492 e. The molecular formula is C13H14N2O. The van der Waals surface area contributed by atoms with Crippen molar-refractivity contribution in [2.24, 2.45) is 5.92 Å². The number of hydrogen-bond donors (Lipinski definition) is 0. The van der Waals surface area contributed by atoms with E-state index in [9.17, 15) is 0 Å². The van der Waals surface area contributed by atoms with Gasteiger partial charge in [0.25, 0.3) is 0 Å². The summed E-state index contributed by atoms with van der Waals surface area (Å²) < 4.78 is 5.51. The molecule has 0 saturated heterocycles. The van der Waals surface area contributed by atoms with Crippen molar-refractivity contribution in [2.75, 3.05) is 6.61 Å². The molecule has 0 atom stereocenters. The number of benzene rings is 1. The van der Waals surface area contributed by atoms with Crippen LogP contribution < -0.4 is 4.74 Å². The van der Waals surface area contributed by atoms with Gasteiger partial charge in [0.15, 0.2) is 0 Å². The Hall–Kier alpha value is -2.00. The quantitative estimate of drug-likeness (QED) is 0.774. The van der Waals surface area contributed by atoms with Crippen LogP contribution in [0, 0.1) is 28.6 Å². The van der Waals surface area contributed by atoms with Crippen LogP contribution in [-0.4, -0.2) is 6.61 Å². The smallest absolute Gasteiger partial charge is 0.138 e. The van der Waals surface area contributed by atoms with Crippen LogP contribution in [0.3, 0.4) is 0 Å². The minimum Gasteiger partial charge on any atom is -0.492 e. The molecule has 1 rings (SSSR count). The third-order valence-corrected chi connectivity index (χ3v) is 2.21. The standard InChI is InChI=1S/C13H14N2O/c1-10(2)6-7-16-13-5-3-4-11(8-14)12(13)9-15/h3-5,10H,6-7H2,1-2H3. The molecule has 0 aliphatic heterocycles. The molecule has 16 heavy (non-hydrogen) atoms. The van der Waals surface area contributed by atoms with Crippen LogP contribution in [0.5, 0.6) is 5.75 Å². The maximum atomic E-state index is 8.96. The van der Waals surface area contributed by atoms with Crippen LogP contribution in [0.2, 0.25) is 0 Å². The lowest BCUT2D eigenvalue weighted by atomic mass is 10.1. The van der Waals surface area contributed by atoms with Crippen LogP contribution in [0.15, 0.2) is 18.2 Å². The molecule has 0 unspecified atom stereocenters. The molecule has 82 valence electrons. The first kappa shape index (κ1) is 12.1. The molecule has 0 bridgehead atoms. The SMILES string of the molecule is CC(C)CCOc1cccc(C#N)c1C#N. The zero-order valence-electron chi connectivity index (χ0n) is 9.53. The van der Waals surface area contributed by atoms with Gasteiger partial charge in [0, 0.05) is 0 Å². The topological polar surface area (TPSA) is 56.8 Å². The monoisotopic (exact) mass is 214 g/mol. The van der Waals surface area contributed by atoms with Crippen molar-refractivity contribution in [3.05, 3.63) is 29.3 Å². The average Bonchev–Trinajstić information content (AvgIpc) is 2.28. The molecule has 3 heteroatoms. The molecule has 0 amide bonds. The second-order valence-electron chi connectivity index (χ2n) is 3.93. The van der Waals surface area contributed by atoms with E-state index in [4.69, 9.17) is 15.3 Å². The van der Waals surface area contributed by atoms with Gasteiger partial charge in [-0.3, -0.25) is 0 Å². The molecule has 0 heterocycles. The van der Waals surface area contributed by atoms with Gasteiger partial charge in [-0.25, -0.2) is 0 Å². The zero-order chi connectivity index (χ0) is 12.0. The van der Waals surface area contributed by atoms with Crippen molar-refractivity contribution in [3.8, 4) is 17.9 Å². The molecule has 3 nitrogen and oxygen atoms in total.